The highest BCUT2D eigenvalue weighted by Crippen LogP contribution is 2.28. The molecular formula is C26H27N7. The molecule has 6 rings (SSSR count). The Labute approximate surface area is 192 Å². The Morgan fingerprint density at radius 2 is 1.52 bits per heavy atom. The first-order valence-corrected chi connectivity index (χ1v) is 11.5. The molecule has 1 saturated heterocycles. The number of hydrogen-bond acceptors (Lipinski definition) is 5. The summed E-state index contributed by atoms with van der Waals surface area (Å²) in [4.78, 5) is 25.8. The van der Waals surface area contributed by atoms with Gasteiger partial charge in [-0.15, -0.1) is 0 Å². The van der Waals surface area contributed by atoms with Gasteiger partial charge in [-0.2, -0.15) is 0 Å². The zero-order valence-corrected chi connectivity index (χ0v) is 18.9. The zero-order valence-electron chi connectivity index (χ0n) is 18.9. The summed E-state index contributed by atoms with van der Waals surface area (Å²) in [5.41, 5.74) is 7.05. The van der Waals surface area contributed by atoms with Crippen molar-refractivity contribution in [1.82, 2.24) is 29.8 Å². The van der Waals surface area contributed by atoms with Crippen molar-refractivity contribution in [2.75, 3.05) is 31.1 Å². The van der Waals surface area contributed by atoms with E-state index in [1.165, 1.54) is 5.69 Å². The van der Waals surface area contributed by atoms with Crippen LogP contribution in [-0.2, 0) is 0 Å². The van der Waals surface area contributed by atoms with Crippen LogP contribution in [0.3, 0.4) is 0 Å². The van der Waals surface area contributed by atoms with Gasteiger partial charge in [0.2, 0.25) is 0 Å². The molecule has 7 nitrogen and oxygen atoms in total. The highest BCUT2D eigenvalue weighted by atomic mass is 15.3. The number of aromatic amines is 2. The van der Waals surface area contributed by atoms with E-state index in [4.69, 9.17) is 4.98 Å². The predicted molar refractivity (Wildman–Crippen MR) is 133 cm³/mol. The minimum absolute atomic E-state index is 0.608. The molecule has 0 amide bonds. The van der Waals surface area contributed by atoms with Crippen molar-refractivity contribution < 1.29 is 0 Å². The summed E-state index contributed by atoms with van der Waals surface area (Å²) in [5.74, 6) is 1.64. The van der Waals surface area contributed by atoms with E-state index in [0.717, 1.165) is 71.2 Å². The molecule has 1 fully saturated rings. The zero-order chi connectivity index (χ0) is 22.4. The van der Waals surface area contributed by atoms with Crippen LogP contribution in [-0.4, -0.2) is 62.0 Å². The molecule has 3 aromatic heterocycles. The molecule has 5 aromatic rings. The summed E-state index contributed by atoms with van der Waals surface area (Å²) >= 11 is 0. The number of anilines is 1. The van der Waals surface area contributed by atoms with Crippen LogP contribution in [0.2, 0.25) is 0 Å². The molecule has 2 N–H and O–H groups in total. The van der Waals surface area contributed by atoms with E-state index in [9.17, 15) is 0 Å². The molecule has 1 aliphatic heterocycles. The van der Waals surface area contributed by atoms with Gasteiger partial charge in [0.05, 0.1) is 22.1 Å². The highest BCUT2D eigenvalue weighted by Gasteiger charge is 2.19. The Morgan fingerprint density at radius 1 is 0.788 bits per heavy atom. The lowest BCUT2D eigenvalue weighted by Gasteiger charge is -2.38. The lowest BCUT2D eigenvalue weighted by atomic mass is 10.2. The van der Waals surface area contributed by atoms with Crippen molar-refractivity contribution in [2.45, 2.75) is 19.9 Å². The van der Waals surface area contributed by atoms with Gasteiger partial charge in [-0.1, -0.05) is 6.07 Å². The molecule has 0 unspecified atom stereocenters. The van der Waals surface area contributed by atoms with Gasteiger partial charge < -0.3 is 14.9 Å². The average molecular weight is 438 g/mol. The SMILES string of the molecule is CC(C)N1CCN(c2ccc3nc(-c4ccc5nc(-c6ccccn6)[nH]c5c4)[nH]c3c2)CC1. The van der Waals surface area contributed by atoms with Gasteiger partial charge in [0, 0.05) is 49.7 Å². The highest BCUT2D eigenvalue weighted by molar-refractivity contribution is 5.86. The minimum atomic E-state index is 0.608. The summed E-state index contributed by atoms with van der Waals surface area (Å²) in [7, 11) is 0. The quantitative estimate of drug-likeness (QED) is 0.426. The number of rotatable bonds is 4. The molecule has 0 aliphatic carbocycles. The number of nitrogens with one attached hydrogen (secondary N) is 2. The minimum Gasteiger partial charge on any atom is -0.369 e. The third kappa shape index (κ3) is 3.74. The maximum Gasteiger partial charge on any atom is 0.157 e. The standard InChI is InChI=1S/C26H27N7/c1-17(2)32-11-13-33(14-12-32)19-7-9-21-24(16-19)30-25(28-21)18-6-8-20-23(15-18)31-26(29-20)22-5-3-4-10-27-22/h3-10,15-17H,11-14H2,1-2H3,(H,28,30)(H,29,31). The van der Waals surface area contributed by atoms with E-state index in [-0.39, 0.29) is 0 Å². The van der Waals surface area contributed by atoms with Crippen LogP contribution in [0.15, 0.2) is 60.8 Å². The van der Waals surface area contributed by atoms with Crippen molar-refractivity contribution in [3.8, 4) is 22.9 Å². The van der Waals surface area contributed by atoms with E-state index < -0.39 is 0 Å². The van der Waals surface area contributed by atoms with Crippen molar-refractivity contribution >= 4 is 27.8 Å². The summed E-state index contributed by atoms with van der Waals surface area (Å²) < 4.78 is 0. The second-order valence-electron chi connectivity index (χ2n) is 8.94. The van der Waals surface area contributed by atoms with E-state index in [0.29, 0.717) is 6.04 Å². The number of nitrogens with zero attached hydrogens (tertiary/aromatic N) is 5. The van der Waals surface area contributed by atoms with E-state index in [1.54, 1.807) is 6.20 Å². The Hall–Kier alpha value is -3.71. The topological polar surface area (TPSA) is 76.7 Å². The molecule has 0 saturated carbocycles. The Morgan fingerprint density at radius 3 is 2.27 bits per heavy atom. The van der Waals surface area contributed by atoms with E-state index in [1.807, 2.05) is 24.3 Å². The van der Waals surface area contributed by atoms with Gasteiger partial charge in [0.1, 0.15) is 11.5 Å². The first kappa shape index (κ1) is 19.9. The molecule has 7 heteroatoms. The Balaban J connectivity index is 1.28. The van der Waals surface area contributed by atoms with Gasteiger partial charge in [-0.25, -0.2) is 9.97 Å². The van der Waals surface area contributed by atoms with Crippen molar-refractivity contribution in [2.24, 2.45) is 0 Å². The number of piperazine rings is 1. The van der Waals surface area contributed by atoms with Crippen LogP contribution >= 0.6 is 0 Å². The molecule has 2 aromatic carbocycles. The summed E-state index contributed by atoms with van der Waals surface area (Å²) in [6, 6.07) is 19.2. The number of pyridine rings is 1. The van der Waals surface area contributed by atoms with Gasteiger partial charge in [0.25, 0.3) is 0 Å². The molecule has 0 radical (unpaired) electrons. The molecule has 0 spiro atoms. The van der Waals surface area contributed by atoms with Crippen LogP contribution in [0.25, 0.3) is 45.0 Å². The second kappa shape index (κ2) is 8.01. The fourth-order valence-electron chi connectivity index (χ4n) is 4.61. The molecule has 33 heavy (non-hydrogen) atoms. The fourth-order valence-corrected chi connectivity index (χ4v) is 4.61. The number of imidazole rings is 2. The lowest BCUT2D eigenvalue weighted by molar-refractivity contribution is 0.209. The first-order valence-electron chi connectivity index (χ1n) is 11.5. The third-order valence-corrected chi connectivity index (χ3v) is 6.54. The molecular weight excluding hydrogens is 410 g/mol. The maximum absolute atomic E-state index is 4.85. The largest absolute Gasteiger partial charge is 0.369 e. The number of fused-ring (bicyclic) bond motifs is 2. The van der Waals surface area contributed by atoms with E-state index in [2.05, 4.69) is 73.9 Å². The molecule has 166 valence electrons. The molecule has 0 bridgehead atoms. The number of benzene rings is 2. The molecule has 1 aliphatic rings. The summed E-state index contributed by atoms with van der Waals surface area (Å²) in [6.07, 6.45) is 1.78. The van der Waals surface area contributed by atoms with Crippen LogP contribution < -0.4 is 4.90 Å². The molecule has 0 atom stereocenters. The van der Waals surface area contributed by atoms with Crippen molar-refractivity contribution in [3.05, 3.63) is 60.8 Å². The van der Waals surface area contributed by atoms with Gasteiger partial charge in [-0.3, -0.25) is 9.88 Å². The normalized spacial score (nSPS) is 15.2. The number of aromatic nitrogens is 5. The average Bonchev–Trinajstić information content (AvgIpc) is 3.48. The number of hydrogen-bond donors (Lipinski definition) is 2. The third-order valence-electron chi connectivity index (χ3n) is 6.54. The summed E-state index contributed by atoms with van der Waals surface area (Å²) in [6.45, 7) is 8.87. The smallest absolute Gasteiger partial charge is 0.157 e. The van der Waals surface area contributed by atoms with E-state index >= 15 is 0 Å². The fraction of sp³-hybridized carbons (Fsp3) is 0.269. The van der Waals surface area contributed by atoms with Gasteiger partial charge in [-0.05, 0) is 62.4 Å². The van der Waals surface area contributed by atoms with Gasteiger partial charge in [0.15, 0.2) is 5.82 Å². The lowest BCUT2D eigenvalue weighted by Crippen LogP contribution is -2.48. The first-order chi connectivity index (χ1) is 16.1. The van der Waals surface area contributed by atoms with Crippen molar-refractivity contribution in [1.29, 1.82) is 0 Å². The molecule has 4 heterocycles. The summed E-state index contributed by atoms with van der Waals surface area (Å²) in [5, 5.41) is 0. The monoisotopic (exact) mass is 437 g/mol. The Kier molecular flexibility index (Phi) is 4.84. The van der Waals surface area contributed by atoms with Gasteiger partial charge >= 0.3 is 0 Å². The van der Waals surface area contributed by atoms with Crippen molar-refractivity contribution in [3.63, 3.8) is 0 Å². The second-order valence-corrected chi connectivity index (χ2v) is 8.94. The predicted octanol–water partition coefficient (Wildman–Crippen LogP) is 4.70. The Bertz CT molecular complexity index is 1410. The van der Waals surface area contributed by atoms with Crippen LogP contribution in [0.1, 0.15) is 13.8 Å². The number of H-pyrrole nitrogens is 2. The van der Waals surface area contributed by atoms with Crippen LogP contribution in [0, 0.1) is 0 Å². The maximum atomic E-state index is 4.85. The van der Waals surface area contributed by atoms with Crippen LogP contribution in [0.4, 0.5) is 5.69 Å². The van der Waals surface area contributed by atoms with Crippen LogP contribution in [0.5, 0.6) is 0 Å².